The normalized spacial score (nSPS) is 23.0. The van der Waals surface area contributed by atoms with Gasteiger partial charge in [-0.1, -0.05) is 128 Å². The topological polar surface area (TPSA) is 18.5 Å². The molecule has 1 saturated heterocycles. The van der Waals surface area contributed by atoms with Gasteiger partial charge < -0.3 is 0 Å². The van der Waals surface area contributed by atoms with Crippen LogP contribution in [0.15, 0.2) is 121 Å². The van der Waals surface area contributed by atoms with Crippen LogP contribution in [0.4, 0.5) is 0 Å². The largest absolute Gasteiger partial charge is 0.219 e. The molecule has 0 N–H and O–H groups in total. The van der Waals surface area contributed by atoms with Gasteiger partial charge in [-0.05, 0) is 35.1 Å². The molecule has 4 aromatic carbocycles. The van der Waals surface area contributed by atoms with Crippen LogP contribution in [-0.4, -0.2) is 0 Å². The van der Waals surface area contributed by atoms with Crippen molar-refractivity contribution in [2.45, 2.75) is 30.5 Å². The molecule has 33 heavy (non-hydrogen) atoms. The summed E-state index contributed by atoms with van der Waals surface area (Å²) in [5, 5.41) is 0. The molecular weight excluding hydrogens is 404 g/mol. The summed E-state index contributed by atoms with van der Waals surface area (Å²) in [6, 6.07) is 42.5. The number of hydrogen-bond donors (Lipinski definition) is 0. The van der Waals surface area contributed by atoms with Crippen molar-refractivity contribution in [2.75, 3.05) is 0 Å². The number of benzene rings is 4. The lowest BCUT2D eigenvalue weighted by Crippen LogP contribution is -2.55. The summed E-state index contributed by atoms with van der Waals surface area (Å²) in [5.41, 5.74) is 3.34. The molecular formula is C31H28O2. The van der Waals surface area contributed by atoms with E-state index in [9.17, 15) is 0 Å². The molecule has 2 atom stereocenters. The Morgan fingerprint density at radius 1 is 0.424 bits per heavy atom. The predicted molar refractivity (Wildman–Crippen MR) is 130 cm³/mol. The minimum atomic E-state index is -0.642. The highest BCUT2D eigenvalue weighted by molar-refractivity contribution is 5.43. The maximum atomic E-state index is 6.78. The van der Waals surface area contributed by atoms with Gasteiger partial charge >= 0.3 is 0 Å². The summed E-state index contributed by atoms with van der Waals surface area (Å²) in [6.45, 7) is 0. The molecule has 0 amide bonds. The van der Waals surface area contributed by atoms with E-state index < -0.39 is 11.2 Å². The Morgan fingerprint density at radius 3 is 0.970 bits per heavy atom. The average molecular weight is 433 g/mol. The predicted octanol–water partition coefficient (Wildman–Crippen LogP) is 7.25. The van der Waals surface area contributed by atoms with Crippen LogP contribution in [0.1, 0.15) is 41.5 Å². The second kappa shape index (κ2) is 8.30. The third-order valence-corrected chi connectivity index (χ3v) is 7.68. The molecule has 1 heterocycles. The molecule has 6 rings (SSSR count). The van der Waals surface area contributed by atoms with Crippen molar-refractivity contribution in [1.82, 2.24) is 0 Å². The van der Waals surface area contributed by atoms with Crippen LogP contribution in [0.25, 0.3) is 0 Å². The molecule has 2 aliphatic rings. The molecule has 2 fully saturated rings. The molecule has 0 aromatic heterocycles. The zero-order chi connectivity index (χ0) is 22.1. The average Bonchev–Trinajstić information content (AvgIpc) is 3.41. The van der Waals surface area contributed by atoms with Crippen LogP contribution < -0.4 is 0 Å². The smallest absolute Gasteiger partial charge is 0.157 e. The van der Waals surface area contributed by atoms with Gasteiger partial charge in [-0.15, -0.1) is 0 Å². The minimum Gasteiger partial charge on any atom is -0.219 e. The standard InChI is InChI=1S/C31H28O2/c1-5-14-24(15-6-1)30(25-16-7-2-8-17-25)28-22-13-23-29(28)31(33-32-30,26-18-9-3-10-19-26)27-20-11-4-12-21-27/h1-12,14-21,28-29H,13,22-23H2. The van der Waals surface area contributed by atoms with Crippen molar-refractivity contribution in [3.8, 4) is 0 Å². The maximum Gasteiger partial charge on any atom is 0.157 e. The van der Waals surface area contributed by atoms with E-state index in [4.69, 9.17) is 9.78 Å². The lowest BCUT2D eigenvalue weighted by atomic mass is 9.63. The molecule has 2 heteroatoms. The monoisotopic (exact) mass is 432 g/mol. The molecule has 0 bridgehead atoms. The summed E-state index contributed by atoms with van der Waals surface area (Å²) < 4.78 is 0. The lowest BCUT2D eigenvalue weighted by Gasteiger charge is -2.53. The zero-order valence-electron chi connectivity index (χ0n) is 18.6. The fraction of sp³-hybridized carbons (Fsp3) is 0.226. The van der Waals surface area contributed by atoms with E-state index in [1.165, 1.54) is 0 Å². The van der Waals surface area contributed by atoms with E-state index >= 15 is 0 Å². The first-order valence-corrected chi connectivity index (χ1v) is 11.9. The second-order valence-electron chi connectivity index (χ2n) is 9.25. The molecule has 1 aliphatic carbocycles. The van der Waals surface area contributed by atoms with Crippen molar-refractivity contribution in [3.63, 3.8) is 0 Å². The van der Waals surface area contributed by atoms with Gasteiger partial charge in [-0.3, -0.25) is 0 Å². The second-order valence-corrected chi connectivity index (χ2v) is 9.25. The Labute approximate surface area is 195 Å². The lowest BCUT2D eigenvalue weighted by molar-refractivity contribution is -0.458. The van der Waals surface area contributed by atoms with Crippen LogP contribution in [0, 0.1) is 11.8 Å². The van der Waals surface area contributed by atoms with Gasteiger partial charge in [0.15, 0.2) is 11.2 Å². The summed E-state index contributed by atoms with van der Waals surface area (Å²) in [6.07, 6.45) is 3.35. The fourth-order valence-corrected chi connectivity index (χ4v) is 6.31. The van der Waals surface area contributed by atoms with Crippen LogP contribution >= 0.6 is 0 Å². The first-order chi connectivity index (χ1) is 16.4. The molecule has 0 spiro atoms. The van der Waals surface area contributed by atoms with Crippen molar-refractivity contribution < 1.29 is 9.78 Å². The molecule has 1 saturated carbocycles. The highest BCUT2D eigenvalue weighted by Crippen LogP contribution is 2.62. The molecule has 2 unspecified atom stereocenters. The third kappa shape index (κ3) is 3.09. The fourth-order valence-electron chi connectivity index (χ4n) is 6.31. The molecule has 2 nitrogen and oxygen atoms in total. The maximum absolute atomic E-state index is 6.78. The molecule has 0 radical (unpaired) electrons. The Hall–Kier alpha value is -3.20. The number of rotatable bonds is 4. The Bertz CT molecular complexity index is 1010. The van der Waals surface area contributed by atoms with E-state index in [1.807, 2.05) is 0 Å². The Kier molecular flexibility index (Phi) is 5.13. The number of hydrogen-bond acceptors (Lipinski definition) is 2. The minimum absolute atomic E-state index is 0.275. The SMILES string of the molecule is c1ccc(C2(c3ccccc3)OOC(c3ccccc3)(c3ccccc3)C3CCCC32)cc1. The van der Waals surface area contributed by atoms with Gasteiger partial charge in [0, 0.05) is 11.8 Å². The van der Waals surface area contributed by atoms with Crippen LogP contribution in [0.3, 0.4) is 0 Å². The van der Waals surface area contributed by atoms with Crippen LogP contribution in [-0.2, 0) is 21.0 Å². The number of fused-ring (bicyclic) bond motifs is 1. The van der Waals surface area contributed by atoms with Gasteiger partial charge in [0.1, 0.15) is 0 Å². The Balaban J connectivity index is 1.58. The van der Waals surface area contributed by atoms with Gasteiger partial charge in [0.05, 0.1) is 0 Å². The van der Waals surface area contributed by atoms with E-state index in [0.717, 1.165) is 41.5 Å². The van der Waals surface area contributed by atoms with E-state index in [0.29, 0.717) is 0 Å². The first-order valence-electron chi connectivity index (χ1n) is 11.9. The first kappa shape index (κ1) is 20.4. The summed E-state index contributed by atoms with van der Waals surface area (Å²) in [7, 11) is 0. The highest BCUT2D eigenvalue weighted by atomic mass is 17.2. The van der Waals surface area contributed by atoms with Gasteiger partial charge in [0.25, 0.3) is 0 Å². The van der Waals surface area contributed by atoms with Crippen LogP contribution in [0.5, 0.6) is 0 Å². The third-order valence-electron chi connectivity index (χ3n) is 7.68. The molecule has 4 aromatic rings. The molecule has 164 valence electrons. The van der Waals surface area contributed by atoms with E-state index in [2.05, 4.69) is 121 Å². The van der Waals surface area contributed by atoms with Crippen molar-refractivity contribution in [1.29, 1.82) is 0 Å². The van der Waals surface area contributed by atoms with Gasteiger partial charge in [0.2, 0.25) is 0 Å². The van der Waals surface area contributed by atoms with Gasteiger partial charge in [-0.2, -0.15) is 0 Å². The van der Waals surface area contributed by atoms with Crippen molar-refractivity contribution in [3.05, 3.63) is 144 Å². The Morgan fingerprint density at radius 2 is 0.697 bits per heavy atom. The summed E-state index contributed by atoms with van der Waals surface area (Å²) >= 11 is 0. The zero-order valence-corrected chi connectivity index (χ0v) is 18.6. The summed E-state index contributed by atoms with van der Waals surface area (Å²) in [4.78, 5) is 13.6. The highest BCUT2D eigenvalue weighted by Gasteiger charge is 2.62. The van der Waals surface area contributed by atoms with E-state index in [-0.39, 0.29) is 11.8 Å². The quantitative estimate of drug-likeness (QED) is 0.316. The van der Waals surface area contributed by atoms with Crippen molar-refractivity contribution in [2.24, 2.45) is 11.8 Å². The summed E-state index contributed by atoms with van der Waals surface area (Å²) in [5.74, 6) is 0.549. The van der Waals surface area contributed by atoms with Crippen LogP contribution in [0.2, 0.25) is 0 Å². The van der Waals surface area contributed by atoms with Gasteiger partial charge in [-0.25, -0.2) is 9.78 Å². The van der Waals surface area contributed by atoms with E-state index in [1.54, 1.807) is 0 Å². The van der Waals surface area contributed by atoms with Crippen molar-refractivity contribution >= 4 is 0 Å². The molecule has 1 aliphatic heterocycles.